The maximum atomic E-state index is 12.1. The number of hydrogen-bond donors (Lipinski definition) is 1. The number of hydrogen-bond acceptors (Lipinski definition) is 5. The fourth-order valence-corrected chi connectivity index (χ4v) is 3.62. The second-order valence-corrected chi connectivity index (χ2v) is 7.11. The molecule has 0 bridgehead atoms. The van der Waals surface area contributed by atoms with Gasteiger partial charge in [-0.1, -0.05) is 0 Å². The van der Waals surface area contributed by atoms with Crippen LogP contribution >= 0.6 is 0 Å². The van der Waals surface area contributed by atoms with E-state index >= 15 is 0 Å². The minimum absolute atomic E-state index is 0.0916. The molecule has 0 spiro atoms. The van der Waals surface area contributed by atoms with Crippen molar-refractivity contribution in [1.82, 2.24) is 4.98 Å². The summed E-state index contributed by atoms with van der Waals surface area (Å²) in [5.41, 5.74) is 0.692. The summed E-state index contributed by atoms with van der Waals surface area (Å²) >= 11 is 0. The summed E-state index contributed by atoms with van der Waals surface area (Å²) < 4.78 is 22.3. The van der Waals surface area contributed by atoms with Crippen molar-refractivity contribution < 1.29 is 13.2 Å². The fourth-order valence-electron chi connectivity index (χ4n) is 2.74. The van der Waals surface area contributed by atoms with Crippen LogP contribution < -0.4 is 14.9 Å². The molecule has 1 atom stereocenters. The van der Waals surface area contributed by atoms with E-state index in [-0.39, 0.29) is 24.0 Å². The summed E-state index contributed by atoms with van der Waals surface area (Å²) in [5.74, 6) is 0.345. The Morgan fingerprint density at radius 3 is 2.55 bits per heavy atom. The Morgan fingerprint density at radius 2 is 2.05 bits per heavy atom. The van der Waals surface area contributed by atoms with Gasteiger partial charge in [0.05, 0.1) is 17.6 Å². The molecule has 22 heavy (non-hydrogen) atoms. The van der Waals surface area contributed by atoms with Crippen molar-refractivity contribution in [3.63, 3.8) is 0 Å². The van der Waals surface area contributed by atoms with Crippen molar-refractivity contribution in [3.05, 3.63) is 18.3 Å². The van der Waals surface area contributed by atoms with Gasteiger partial charge in [0, 0.05) is 32.0 Å². The second-order valence-electron chi connectivity index (χ2n) is 5.45. The van der Waals surface area contributed by atoms with E-state index in [1.54, 1.807) is 11.1 Å². The van der Waals surface area contributed by atoms with E-state index in [4.69, 9.17) is 5.14 Å². The molecule has 1 aromatic heterocycles. The minimum atomic E-state index is -3.56. The van der Waals surface area contributed by atoms with Crippen molar-refractivity contribution in [3.8, 4) is 0 Å². The second kappa shape index (κ2) is 6.62. The molecule has 8 heteroatoms. The number of carbonyl (C=O) groups excluding carboxylic acids is 1. The number of anilines is 2. The lowest BCUT2D eigenvalue weighted by molar-refractivity contribution is -0.117. The van der Waals surface area contributed by atoms with E-state index in [2.05, 4.69) is 23.7 Å². The monoisotopic (exact) mass is 326 g/mol. The zero-order valence-electron chi connectivity index (χ0n) is 12.9. The first-order valence-electron chi connectivity index (χ1n) is 7.36. The summed E-state index contributed by atoms with van der Waals surface area (Å²) in [6, 6.07) is 3.72. The standard InChI is InChI=1S/C14H22N4O3S/c1-3-17(4-2)13-6-5-12(8-16-13)18-9-11(7-14(18)19)10-22(15,20)21/h5-6,8,11H,3-4,7,9-10H2,1-2H3,(H2,15,20,21). The molecule has 0 saturated carbocycles. The van der Waals surface area contributed by atoms with Gasteiger partial charge in [0.1, 0.15) is 5.82 Å². The van der Waals surface area contributed by atoms with E-state index in [0.717, 1.165) is 18.9 Å². The van der Waals surface area contributed by atoms with Crippen molar-refractivity contribution >= 4 is 27.4 Å². The van der Waals surface area contributed by atoms with Gasteiger partial charge in [0.2, 0.25) is 15.9 Å². The van der Waals surface area contributed by atoms with Gasteiger partial charge in [0.25, 0.3) is 0 Å². The Morgan fingerprint density at radius 1 is 1.36 bits per heavy atom. The van der Waals surface area contributed by atoms with Crippen LogP contribution in [0.25, 0.3) is 0 Å². The first-order chi connectivity index (χ1) is 10.3. The van der Waals surface area contributed by atoms with Crippen molar-refractivity contribution in [2.45, 2.75) is 20.3 Å². The first kappa shape index (κ1) is 16.7. The number of nitrogens with zero attached hydrogens (tertiary/aromatic N) is 3. The van der Waals surface area contributed by atoms with Gasteiger partial charge in [0.15, 0.2) is 0 Å². The summed E-state index contributed by atoms with van der Waals surface area (Å²) in [6.45, 7) is 6.20. The highest BCUT2D eigenvalue weighted by Gasteiger charge is 2.32. The van der Waals surface area contributed by atoms with Crippen LogP contribution in [0.2, 0.25) is 0 Å². The largest absolute Gasteiger partial charge is 0.357 e. The number of nitrogens with two attached hydrogens (primary N) is 1. The lowest BCUT2D eigenvalue weighted by atomic mass is 10.1. The van der Waals surface area contributed by atoms with Crippen LogP contribution in [0.5, 0.6) is 0 Å². The number of carbonyl (C=O) groups is 1. The van der Waals surface area contributed by atoms with Crippen LogP contribution in [0.3, 0.4) is 0 Å². The number of sulfonamides is 1. The van der Waals surface area contributed by atoms with Gasteiger partial charge in [-0.3, -0.25) is 4.79 Å². The van der Waals surface area contributed by atoms with E-state index in [9.17, 15) is 13.2 Å². The van der Waals surface area contributed by atoms with E-state index in [1.807, 2.05) is 12.1 Å². The number of aromatic nitrogens is 1. The average molecular weight is 326 g/mol. The summed E-state index contributed by atoms with van der Waals surface area (Å²) in [4.78, 5) is 20.1. The van der Waals surface area contributed by atoms with Crippen LogP contribution in [-0.2, 0) is 14.8 Å². The lowest BCUT2D eigenvalue weighted by Gasteiger charge is -2.21. The molecule has 2 N–H and O–H groups in total. The topological polar surface area (TPSA) is 96.6 Å². The van der Waals surface area contributed by atoms with Crippen LogP contribution in [0.1, 0.15) is 20.3 Å². The van der Waals surface area contributed by atoms with Gasteiger partial charge in [-0.05, 0) is 26.0 Å². The van der Waals surface area contributed by atoms with E-state index in [1.165, 1.54) is 0 Å². The van der Waals surface area contributed by atoms with Gasteiger partial charge < -0.3 is 9.80 Å². The van der Waals surface area contributed by atoms with Gasteiger partial charge in [-0.15, -0.1) is 0 Å². The zero-order valence-corrected chi connectivity index (χ0v) is 13.7. The normalized spacial score (nSPS) is 18.8. The third-order valence-electron chi connectivity index (χ3n) is 3.80. The molecule has 1 saturated heterocycles. The van der Waals surface area contributed by atoms with Crippen molar-refractivity contribution in [1.29, 1.82) is 0 Å². The smallest absolute Gasteiger partial charge is 0.227 e. The molecule has 0 radical (unpaired) electrons. The SMILES string of the molecule is CCN(CC)c1ccc(N2CC(CS(N)(=O)=O)CC2=O)cn1. The molecular weight excluding hydrogens is 304 g/mol. The van der Waals surface area contributed by atoms with Crippen LogP contribution in [0, 0.1) is 5.92 Å². The molecule has 122 valence electrons. The maximum absolute atomic E-state index is 12.1. The molecule has 1 aliphatic rings. The van der Waals surface area contributed by atoms with Gasteiger partial charge in [-0.2, -0.15) is 0 Å². The summed E-state index contributed by atoms with van der Waals surface area (Å²) in [5, 5.41) is 5.05. The quantitative estimate of drug-likeness (QED) is 0.824. The highest BCUT2D eigenvalue weighted by Crippen LogP contribution is 2.26. The number of primary sulfonamides is 1. The summed E-state index contributed by atoms with van der Waals surface area (Å²) in [6.07, 6.45) is 1.86. The fraction of sp³-hybridized carbons (Fsp3) is 0.571. The average Bonchev–Trinajstić information content (AvgIpc) is 2.79. The van der Waals surface area contributed by atoms with Crippen LogP contribution in [0.15, 0.2) is 18.3 Å². The Balaban J connectivity index is 2.10. The molecule has 1 fully saturated rings. The third kappa shape index (κ3) is 3.95. The van der Waals surface area contributed by atoms with Crippen LogP contribution in [0.4, 0.5) is 11.5 Å². The van der Waals surface area contributed by atoms with E-state index < -0.39 is 10.0 Å². The molecule has 2 rings (SSSR count). The molecule has 1 aromatic rings. The highest BCUT2D eigenvalue weighted by molar-refractivity contribution is 7.89. The zero-order chi connectivity index (χ0) is 16.3. The molecule has 2 heterocycles. The highest BCUT2D eigenvalue weighted by atomic mass is 32.2. The summed E-state index contributed by atoms with van der Waals surface area (Å²) in [7, 11) is -3.56. The molecule has 7 nitrogen and oxygen atoms in total. The Bertz CT molecular complexity index is 626. The molecule has 0 aliphatic carbocycles. The Hall–Kier alpha value is -1.67. The van der Waals surface area contributed by atoms with E-state index in [0.29, 0.717) is 12.2 Å². The molecular formula is C14H22N4O3S. The van der Waals surface area contributed by atoms with Gasteiger partial charge >= 0.3 is 0 Å². The predicted molar refractivity (Wildman–Crippen MR) is 86.2 cm³/mol. The van der Waals surface area contributed by atoms with Crippen LogP contribution in [-0.4, -0.2) is 44.7 Å². The molecule has 1 aliphatic heterocycles. The lowest BCUT2D eigenvalue weighted by Crippen LogP contribution is -2.28. The number of amides is 1. The van der Waals surface area contributed by atoms with Crippen molar-refractivity contribution in [2.24, 2.45) is 11.1 Å². The van der Waals surface area contributed by atoms with Crippen molar-refractivity contribution in [2.75, 3.05) is 35.2 Å². The minimum Gasteiger partial charge on any atom is -0.357 e. The maximum Gasteiger partial charge on any atom is 0.227 e. The third-order valence-corrected chi connectivity index (χ3v) is 4.74. The Kier molecular flexibility index (Phi) is 5.02. The Labute approximate surface area is 131 Å². The first-order valence-corrected chi connectivity index (χ1v) is 9.07. The molecule has 0 aromatic carbocycles. The number of rotatable bonds is 6. The predicted octanol–water partition coefficient (Wildman–Crippen LogP) is 0.569. The van der Waals surface area contributed by atoms with Gasteiger partial charge in [-0.25, -0.2) is 18.5 Å². The molecule has 1 unspecified atom stereocenters. The molecule has 1 amide bonds. The number of pyridine rings is 1.